The number of hydrogen-bond acceptors (Lipinski definition) is 2. The molecule has 1 aromatic carbocycles. The van der Waals surface area contributed by atoms with E-state index in [4.69, 9.17) is 0 Å². The van der Waals surface area contributed by atoms with Crippen molar-refractivity contribution in [3.8, 4) is 0 Å². The van der Waals surface area contributed by atoms with Crippen LogP contribution in [0.5, 0.6) is 0 Å². The fraction of sp³-hybridized carbons (Fsp3) is 0.529. The van der Waals surface area contributed by atoms with E-state index in [1.807, 2.05) is 0 Å². The maximum absolute atomic E-state index is 11.1. The summed E-state index contributed by atoms with van der Waals surface area (Å²) >= 11 is 1.80. The van der Waals surface area contributed by atoms with Crippen LogP contribution in [-0.4, -0.2) is 10.7 Å². The van der Waals surface area contributed by atoms with Crippen molar-refractivity contribution in [1.29, 1.82) is 0 Å². The zero-order valence-corrected chi connectivity index (χ0v) is 12.4. The summed E-state index contributed by atoms with van der Waals surface area (Å²) in [4.78, 5) is 0. The van der Waals surface area contributed by atoms with Gasteiger partial charge < -0.3 is 5.11 Å². The fourth-order valence-corrected chi connectivity index (χ4v) is 4.57. The van der Waals surface area contributed by atoms with Crippen molar-refractivity contribution in [3.63, 3.8) is 0 Å². The van der Waals surface area contributed by atoms with Crippen LogP contribution in [0.25, 0.3) is 10.1 Å². The Balaban J connectivity index is 1.90. The molecule has 1 nitrogen and oxygen atoms in total. The third-order valence-electron chi connectivity index (χ3n) is 4.72. The Morgan fingerprint density at radius 1 is 1.32 bits per heavy atom. The number of fused-ring (bicyclic) bond motifs is 1. The minimum atomic E-state index is -0.475. The summed E-state index contributed by atoms with van der Waals surface area (Å²) in [7, 11) is 0. The lowest BCUT2D eigenvalue weighted by Crippen LogP contribution is -2.42. The highest BCUT2D eigenvalue weighted by Crippen LogP contribution is 2.40. The predicted octanol–water partition coefficient (Wildman–Crippen LogP) is 4.78. The topological polar surface area (TPSA) is 20.2 Å². The van der Waals surface area contributed by atoms with E-state index in [0.717, 1.165) is 19.3 Å². The molecule has 2 heteroatoms. The summed E-state index contributed by atoms with van der Waals surface area (Å²) in [5, 5.41) is 14.6. The lowest BCUT2D eigenvalue weighted by molar-refractivity contribution is -0.0488. The van der Waals surface area contributed by atoms with E-state index >= 15 is 0 Å². The monoisotopic (exact) mass is 274 g/mol. The molecule has 0 spiro atoms. The molecule has 0 aliphatic heterocycles. The molecule has 1 fully saturated rings. The van der Waals surface area contributed by atoms with Crippen LogP contribution in [0.2, 0.25) is 0 Å². The van der Waals surface area contributed by atoms with Crippen molar-refractivity contribution in [1.82, 2.24) is 0 Å². The minimum Gasteiger partial charge on any atom is -0.389 e. The summed E-state index contributed by atoms with van der Waals surface area (Å²) in [6, 6.07) is 8.55. The van der Waals surface area contributed by atoms with Gasteiger partial charge >= 0.3 is 0 Å². The second-order valence-corrected chi connectivity index (χ2v) is 6.80. The average molecular weight is 274 g/mol. The van der Waals surface area contributed by atoms with Crippen LogP contribution in [0.15, 0.2) is 29.6 Å². The molecule has 1 aromatic heterocycles. The standard InChI is InChI=1S/C17H22OS/c1-2-14-7-5-6-10-17(14,18)11-13-12-19-16-9-4-3-8-15(13)16/h3-4,8-9,12,14,18H,2,5-7,10-11H2,1H3. The van der Waals surface area contributed by atoms with Crippen LogP contribution in [0.1, 0.15) is 44.6 Å². The summed E-state index contributed by atoms with van der Waals surface area (Å²) in [5.41, 5.74) is 0.861. The second kappa shape index (κ2) is 5.26. The maximum atomic E-state index is 11.1. The largest absolute Gasteiger partial charge is 0.389 e. The van der Waals surface area contributed by atoms with E-state index in [9.17, 15) is 5.11 Å². The molecule has 1 aliphatic rings. The van der Waals surface area contributed by atoms with Gasteiger partial charge in [-0.15, -0.1) is 11.3 Å². The summed E-state index contributed by atoms with van der Waals surface area (Å²) in [6.07, 6.45) is 6.54. The van der Waals surface area contributed by atoms with Crippen molar-refractivity contribution in [2.45, 2.75) is 51.0 Å². The molecular formula is C17H22OS. The minimum absolute atomic E-state index is 0.472. The second-order valence-electron chi connectivity index (χ2n) is 5.89. The molecule has 0 bridgehead atoms. The first-order chi connectivity index (χ1) is 9.23. The van der Waals surface area contributed by atoms with Gasteiger partial charge in [-0.3, -0.25) is 0 Å². The van der Waals surface area contributed by atoms with Gasteiger partial charge in [0.25, 0.3) is 0 Å². The van der Waals surface area contributed by atoms with Gasteiger partial charge in [0.1, 0.15) is 0 Å². The zero-order valence-electron chi connectivity index (χ0n) is 11.6. The molecule has 102 valence electrons. The maximum Gasteiger partial charge on any atom is 0.0716 e. The summed E-state index contributed by atoms with van der Waals surface area (Å²) in [5.74, 6) is 0.472. The van der Waals surface area contributed by atoms with E-state index in [1.165, 1.54) is 34.9 Å². The average Bonchev–Trinajstić information content (AvgIpc) is 2.82. The highest BCUT2D eigenvalue weighted by molar-refractivity contribution is 7.17. The Morgan fingerprint density at radius 2 is 2.16 bits per heavy atom. The van der Waals surface area contributed by atoms with Gasteiger partial charge in [0.2, 0.25) is 0 Å². The molecule has 3 rings (SSSR count). The van der Waals surface area contributed by atoms with E-state index in [2.05, 4.69) is 36.6 Å². The molecule has 1 aliphatic carbocycles. The molecule has 2 atom stereocenters. The third kappa shape index (κ3) is 2.44. The fourth-order valence-electron chi connectivity index (χ4n) is 3.61. The van der Waals surface area contributed by atoms with Gasteiger partial charge in [0.15, 0.2) is 0 Å². The molecule has 0 saturated heterocycles. The molecule has 2 unspecified atom stereocenters. The molecule has 0 radical (unpaired) electrons. The smallest absolute Gasteiger partial charge is 0.0716 e. The van der Waals surface area contributed by atoms with Crippen LogP contribution in [0.3, 0.4) is 0 Å². The van der Waals surface area contributed by atoms with Crippen LogP contribution in [-0.2, 0) is 6.42 Å². The predicted molar refractivity (Wildman–Crippen MR) is 82.7 cm³/mol. The Labute approximate surface area is 119 Å². The molecular weight excluding hydrogens is 252 g/mol. The number of benzene rings is 1. The Hall–Kier alpha value is -0.860. The lowest BCUT2D eigenvalue weighted by Gasteiger charge is -2.40. The third-order valence-corrected chi connectivity index (χ3v) is 5.74. The van der Waals surface area contributed by atoms with Crippen molar-refractivity contribution in [3.05, 3.63) is 35.2 Å². The van der Waals surface area contributed by atoms with E-state index in [0.29, 0.717) is 5.92 Å². The van der Waals surface area contributed by atoms with E-state index in [1.54, 1.807) is 11.3 Å². The van der Waals surface area contributed by atoms with Gasteiger partial charge in [-0.25, -0.2) is 0 Å². The molecule has 0 amide bonds. The first kappa shape index (κ1) is 13.1. The van der Waals surface area contributed by atoms with Crippen molar-refractivity contribution < 1.29 is 5.11 Å². The Bertz CT molecular complexity index is 559. The molecule has 1 saturated carbocycles. The molecule has 19 heavy (non-hydrogen) atoms. The first-order valence-corrected chi connectivity index (χ1v) is 8.28. The highest BCUT2D eigenvalue weighted by Gasteiger charge is 2.38. The summed E-state index contributed by atoms with van der Waals surface area (Å²) < 4.78 is 1.34. The van der Waals surface area contributed by atoms with Crippen LogP contribution in [0, 0.1) is 5.92 Å². The zero-order chi connectivity index (χ0) is 13.3. The van der Waals surface area contributed by atoms with Gasteiger partial charge in [-0.2, -0.15) is 0 Å². The molecule has 1 heterocycles. The van der Waals surface area contributed by atoms with Gasteiger partial charge in [-0.05, 0) is 41.2 Å². The first-order valence-electron chi connectivity index (χ1n) is 7.40. The Kier molecular flexibility index (Phi) is 3.64. The number of hydrogen-bond donors (Lipinski definition) is 1. The van der Waals surface area contributed by atoms with Crippen LogP contribution < -0.4 is 0 Å². The number of thiophene rings is 1. The van der Waals surface area contributed by atoms with E-state index < -0.39 is 5.60 Å². The van der Waals surface area contributed by atoms with Crippen molar-refractivity contribution in [2.24, 2.45) is 5.92 Å². The van der Waals surface area contributed by atoms with Crippen LogP contribution in [0.4, 0.5) is 0 Å². The number of rotatable bonds is 3. The van der Waals surface area contributed by atoms with E-state index in [-0.39, 0.29) is 0 Å². The highest BCUT2D eigenvalue weighted by atomic mass is 32.1. The van der Waals surface area contributed by atoms with Gasteiger partial charge in [0.05, 0.1) is 5.60 Å². The van der Waals surface area contributed by atoms with Crippen LogP contribution >= 0.6 is 11.3 Å². The molecule has 2 aromatic rings. The van der Waals surface area contributed by atoms with Crippen molar-refractivity contribution >= 4 is 21.4 Å². The SMILES string of the molecule is CCC1CCCCC1(O)Cc1csc2ccccc12. The normalized spacial score (nSPS) is 27.8. The quantitative estimate of drug-likeness (QED) is 0.854. The lowest BCUT2D eigenvalue weighted by atomic mass is 9.71. The van der Waals surface area contributed by atoms with Crippen molar-refractivity contribution in [2.75, 3.05) is 0 Å². The van der Waals surface area contributed by atoms with Gasteiger partial charge in [-0.1, -0.05) is 44.4 Å². The Morgan fingerprint density at radius 3 is 3.00 bits per heavy atom. The summed E-state index contributed by atoms with van der Waals surface area (Å²) in [6.45, 7) is 2.21. The van der Waals surface area contributed by atoms with Gasteiger partial charge in [0, 0.05) is 11.1 Å². The molecule has 1 N–H and O–H groups in total. The number of aliphatic hydroxyl groups is 1.